The number of amides is 2. The van der Waals surface area contributed by atoms with Crippen molar-refractivity contribution >= 4 is 74.9 Å². The number of non-ortho nitro benzene ring substituents is 1. The van der Waals surface area contributed by atoms with Gasteiger partial charge in [-0.3, -0.25) is 24.6 Å². The van der Waals surface area contributed by atoms with E-state index in [4.69, 9.17) is 33.3 Å². The Morgan fingerprint density at radius 3 is 2.58 bits per heavy atom. The second-order valence-electron chi connectivity index (χ2n) is 7.78. The maximum Gasteiger partial charge on any atom is 0.270 e. The molecule has 1 N–H and O–H groups in total. The van der Waals surface area contributed by atoms with Gasteiger partial charge in [0, 0.05) is 22.8 Å². The Balaban J connectivity index is 1.47. The van der Waals surface area contributed by atoms with Gasteiger partial charge in [0.1, 0.15) is 0 Å². The van der Waals surface area contributed by atoms with Gasteiger partial charge in [-0.05, 0) is 61.0 Å². The van der Waals surface area contributed by atoms with Gasteiger partial charge in [-0.2, -0.15) is 0 Å². The lowest BCUT2D eigenvalue weighted by molar-refractivity contribution is -0.384. The van der Waals surface area contributed by atoms with E-state index in [0.29, 0.717) is 49.3 Å². The molecule has 0 bridgehead atoms. The SMILES string of the molecule is CCOc1cc(/C=C2\SC(=S)N(c3ccc([N+](=O)[O-])cc3)C2=O)ccc1OCC(=O)Nc1cccc(Cl)c1. The van der Waals surface area contributed by atoms with Crippen LogP contribution < -0.4 is 19.7 Å². The summed E-state index contributed by atoms with van der Waals surface area (Å²) in [7, 11) is 0. The molecule has 194 valence electrons. The molecule has 3 aromatic carbocycles. The Hall–Kier alpha value is -3.93. The molecule has 1 saturated heterocycles. The average molecular weight is 570 g/mol. The highest BCUT2D eigenvalue weighted by atomic mass is 35.5. The Bertz CT molecular complexity index is 1450. The highest BCUT2D eigenvalue weighted by molar-refractivity contribution is 8.27. The lowest BCUT2D eigenvalue weighted by atomic mass is 10.1. The van der Waals surface area contributed by atoms with Gasteiger partial charge in [0.05, 0.1) is 22.1 Å². The highest BCUT2D eigenvalue weighted by Gasteiger charge is 2.33. The van der Waals surface area contributed by atoms with Crippen molar-refractivity contribution in [3.63, 3.8) is 0 Å². The first-order valence-corrected chi connectivity index (χ1v) is 12.8. The molecule has 0 unspecified atom stereocenters. The number of carbonyl (C=O) groups is 2. The van der Waals surface area contributed by atoms with E-state index in [9.17, 15) is 19.7 Å². The summed E-state index contributed by atoms with van der Waals surface area (Å²) in [6, 6.07) is 17.5. The third-order valence-electron chi connectivity index (χ3n) is 5.14. The molecule has 0 aromatic heterocycles. The molecular weight excluding hydrogens is 550 g/mol. The quantitative estimate of drug-likeness (QED) is 0.143. The third-order valence-corrected chi connectivity index (χ3v) is 6.68. The zero-order chi connectivity index (χ0) is 27.2. The van der Waals surface area contributed by atoms with Crippen LogP contribution in [0.15, 0.2) is 71.6 Å². The first-order valence-electron chi connectivity index (χ1n) is 11.2. The first kappa shape index (κ1) is 27.1. The van der Waals surface area contributed by atoms with Crippen LogP contribution in [0.1, 0.15) is 12.5 Å². The summed E-state index contributed by atoms with van der Waals surface area (Å²) < 4.78 is 11.7. The van der Waals surface area contributed by atoms with Crippen molar-refractivity contribution in [1.29, 1.82) is 0 Å². The predicted octanol–water partition coefficient (Wildman–Crippen LogP) is 6.07. The van der Waals surface area contributed by atoms with E-state index in [2.05, 4.69) is 5.32 Å². The van der Waals surface area contributed by atoms with Crippen molar-refractivity contribution in [2.45, 2.75) is 6.92 Å². The Morgan fingerprint density at radius 1 is 1.13 bits per heavy atom. The number of thioether (sulfide) groups is 1. The number of thiocarbonyl (C=S) groups is 1. The normalized spacial score (nSPS) is 14.1. The van der Waals surface area contributed by atoms with Gasteiger partial charge < -0.3 is 14.8 Å². The second-order valence-corrected chi connectivity index (χ2v) is 9.89. The zero-order valence-electron chi connectivity index (χ0n) is 19.9. The first-order chi connectivity index (χ1) is 18.2. The van der Waals surface area contributed by atoms with E-state index in [1.165, 1.54) is 29.2 Å². The van der Waals surface area contributed by atoms with Crippen molar-refractivity contribution in [2.75, 3.05) is 23.4 Å². The number of nitro groups is 1. The van der Waals surface area contributed by atoms with Crippen molar-refractivity contribution in [1.82, 2.24) is 0 Å². The number of anilines is 2. The fourth-order valence-corrected chi connectivity index (χ4v) is 4.96. The zero-order valence-corrected chi connectivity index (χ0v) is 22.3. The van der Waals surface area contributed by atoms with Crippen molar-refractivity contribution in [3.05, 3.63) is 92.3 Å². The Kier molecular flexibility index (Phi) is 8.62. The molecule has 0 aliphatic carbocycles. The largest absolute Gasteiger partial charge is 0.490 e. The minimum Gasteiger partial charge on any atom is -0.490 e. The molecule has 38 heavy (non-hydrogen) atoms. The smallest absolute Gasteiger partial charge is 0.270 e. The topological polar surface area (TPSA) is 111 Å². The molecule has 0 atom stereocenters. The van der Waals surface area contributed by atoms with Crippen LogP contribution in [-0.4, -0.2) is 34.3 Å². The lowest BCUT2D eigenvalue weighted by Crippen LogP contribution is -2.27. The van der Waals surface area contributed by atoms with Crippen LogP contribution in [0.2, 0.25) is 5.02 Å². The van der Waals surface area contributed by atoms with Crippen LogP contribution in [0.4, 0.5) is 17.1 Å². The van der Waals surface area contributed by atoms with Crippen LogP contribution in [-0.2, 0) is 9.59 Å². The number of halogens is 1. The molecule has 12 heteroatoms. The molecule has 1 aliphatic rings. The van der Waals surface area contributed by atoms with Crippen LogP contribution in [0.5, 0.6) is 11.5 Å². The maximum atomic E-state index is 13.1. The molecule has 9 nitrogen and oxygen atoms in total. The molecule has 2 amide bonds. The van der Waals surface area contributed by atoms with E-state index < -0.39 is 4.92 Å². The van der Waals surface area contributed by atoms with E-state index in [1.54, 1.807) is 48.5 Å². The van der Waals surface area contributed by atoms with Gasteiger partial charge in [0.2, 0.25) is 0 Å². The molecule has 4 rings (SSSR count). The Morgan fingerprint density at radius 2 is 1.89 bits per heavy atom. The summed E-state index contributed by atoms with van der Waals surface area (Å²) >= 11 is 12.4. The predicted molar refractivity (Wildman–Crippen MR) is 152 cm³/mol. The standard InChI is InChI=1S/C26H20ClN3O6S2/c1-2-35-22-12-16(6-11-21(22)36-15-24(31)28-18-5-3-4-17(27)14-18)13-23-25(32)29(26(37)38-23)19-7-9-20(10-8-19)30(33)34/h3-14H,2,15H2,1H3,(H,28,31)/b23-13-. The number of hydrogen-bond donors (Lipinski definition) is 1. The number of nitrogens with zero attached hydrogens (tertiary/aromatic N) is 2. The van der Waals surface area contributed by atoms with Crippen LogP contribution in [0.3, 0.4) is 0 Å². The van der Waals surface area contributed by atoms with Crippen LogP contribution in [0, 0.1) is 10.1 Å². The number of benzene rings is 3. The van der Waals surface area contributed by atoms with Gasteiger partial charge in [-0.1, -0.05) is 47.7 Å². The van der Waals surface area contributed by atoms with Gasteiger partial charge in [-0.15, -0.1) is 0 Å². The summed E-state index contributed by atoms with van der Waals surface area (Å²) in [5, 5.41) is 14.1. The van der Waals surface area contributed by atoms with Crippen LogP contribution >= 0.6 is 35.6 Å². The van der Waals surface area contributed by atoms with E-state index >= 15 is 0 Å². The highest BCUT2D eigenvalue weighted by Crippen LogP contribution is 2.37. The van der Waals surface area contributed by atoms with Crippen molar-refractivity contribution < 1.29 is 24.0 Å². The minimum absolute atomic E-state index is 0.0811. The summed E-state index contributed by atoms with van der Waals surface area (Å²) in [5.41, 5.74) is 1.57. The average Bonchev–Trinajstić information content (AvgIpc) is 3.16. The van der Waals surface area contributed by atoms with E-state index in [1.807, 2.05) is 6.92 Å². The molecule has 0 radical (unpaired) electrons. The number of hydrogen-bond acceptors (Lipinski definition) is 8. The molecule has 0 spiro atoms. The minimum atomic E-state index is -0.511. The molecule has 3 aromatic rings. The van der Waals surface area contributed by atoms with Gasteiger partial charge in [0.25, 0.3) is 17.5 Å². The van der Waals surface area contributed by atoms with E-state index in [0.717, 1.165) is 11.8 Å². The lowest BCUT2D eigenvalue weighted by Gasteiger charge is -2.14. The molecular formula is C26H20ClN3O6S2. The van der Waals surface area contributed by atoms with Crippen LogP contribution in [0.25, 0.3) is 6.08 Å². The number of ether oxygens (including phenoxy) is 2. The molecule has 1 aliphatic heterocycles. The summed E-state index contributed by atoms with van der Waals surface area (Å²) in [6.45, 7) is 1.92. The second kappa shape index (κ2) is 12.1. The van der Waals surface area contributed by atoms with E-state index in [-0.39, 0.29) is 24.1 Å². The summed E-state index contributed by atoms with van der Waals surface area (Å²) in [6.07, 6.45) is 1.67. The third kappa shape index (κ3) is 6.49. The fraction of sp³-hybridized carbons (Fsp3) is 0.115. The summed E-state index contributed by atoms with van der Waals surface area (Å²) in [4.78, 5) is 37.5. The molecule has 1 heterocycles. The Labute approximate surface area is 232 Å². The number of carbonyl (C=O) groups excluding carboxylic acids is 2. The van der Waals surface area contributed by atoms with Gasteiger partial charge in [0.15, 0.2) is 22.4 Å². The number of nitrogens with one attached hydrogen (secondary N) is 1. The molecule has 1 fully saturated rings. The molecule has 0 saturated carbocycles. The number of rotatable bonds is 9. The maximum absolute atomic E-state index is 13.1. The van der Waals surface area contributed by atoms with Crippen molar-refractivity contribution in [2.24, 2.45) is 0 Å². The monoisotopic (exact) mass is 569 g/mol. The van der Waals surface area contributed by atoms with Gasteiger partial charge in [-0.25, -0.2) is 0 Å². The summed E-state index contributed by atoms with van der Waals surface area (Å²) in [5.74, 6) is 0.0601. The number of nitro benzene ring substituents is 1. The van der Waals surface area contributed by atoms with Gasteiger partial charge >= 0.3 is 0 Å². The van der Waals surface area contributed by atoms with Crippen molar-refractivity contribution in [3.8, 4) is 11.5 Å². The fourth-order valence-electron chi connectivity index (χ4n) is 3.47.